The minimum absolute atomic E-state index is 0.0673. The maximum Gasteiger partial charge on any atom is 0.408 e. The molecule has 0 aromatic carbocycles. The maximum absolute atomic E-state index is 10.5. The first-order valence-corrected chi connectivity index (χ1v) is 5.37. The molecule has 0 spiro atoms. The Kier molecular flexibility index (Phi) is 3.38. The Labute approximate surface area is 102 Å². The third-order valence-corrected chi connectivity index (χ3v) is 2.50. The van der Waals surface area contributed by atoms with Crippen LogP contribution in [0.15, 0.2) is 24.9 Å². The van der Waals surface area contributed by atoms with Crippen molar-refractivity contribution in [2.24, 2.45) is 0 Å². The monoisotopic (exact) mass is 255 g/mol. The van der Waals surface area contributed by atoms with Crippen molar-refractivity contribution in [3.05, 3.63) is 40.1 Å². The lowest BCUT2D eigenvalue weighted by Gasteiger charge is -1.99. The summed E-state index contributed by atoms with van der Waals surface area (Å²) in [6, 6.07) is 0. The SMILES string of the molecule is O=[N+]([O-])c1nn(CCCn2ccnc2)cc1Cl. The first kappa shape index (κ1) is 11.6. The predicted octanol–water partition coefficient (Wildman–Crippen LogP) is 1.73. The highest BCUT2D eigenvalue weighted by Gasteiger charge is 2.18. The second-order valence-corrected chi connectivity index (χ2v) is 3.88. The number of aromatic nitrogens is 4. The number of halogens is 1. The number of hydrogen-bond donors (Lipinski definition) is 0. The van der Waals surface area contributed by atoms with E-state index in [1.807, 2.05) is 10.8 Å². The Bertz CT molecular complexity index is 507. The average Bonchev–Trinajstić information content (AvgIpc) is 2.88. The van der Waals surface area contributed by atoms with E-state index in [2.05, 4.69) is 10.1 Å². The van der Waals surface area contributed by atoms with Crippen molar-refractivity contribution in [2.45, 2.75) is 19.5 Å². The first-order chi connectivity index (χ1) is 8.16. The van der Waals surface area contributed by atoms with Gasteiger partial charge in [0.25, 0.3) is 0 Å². The van der Waals surface area contributed by atoms with E-state index >= 15 is 0 Å². The molecule has 0 saturated carbocycles. The minimum Gasteiger partial charge on any atom is -0.358 e. The number of rotatable bonds is 5. The molecular formula is C9H10ClN5O2. The van der Waals surface area contributed by atoms with Crippen LogP contribution in [0.2, 0.25) is 5.02 Å². The molecule has 0 saturated heterocycles. The van der Waals surface area contributed by atoms with E-state index in [1.165, 1.54) is 10.9 Å². The molecule has 0 aliphatic rings. The molecule has 0 radical (unpaired) electrons. The summed E-state index contributed by atoms with van der Waals surface area (Å²) in [6.07, 6.45) is 7.55. The van der Waals surface area contributed by atoms with Gasteiger partial charge in [-0.25, -0.2) is 4.98 Å². The van der Waals surface area contributed by atoms with Gasteiger partial charge < -0.3 is 14.7 Å². The van der Waals surface area contributed by atoms with Gasteiger partial charge in [0.1, 0.15) is 0 Å². The zero-order valence-corrected chi connectivity index (χ0v) is 9.62. The van der Waals surface area contributed by atoms with Crippen molar-refractivity contribution in [1.29, 1.82) is 0 Å². The van der Waals surface area contributed by atoms with Crippen molar-refractivity contribution >= 4 is 17.4 Å². The molecule has 0 fully saturated rings. The molecule has 2 rings (SSSR count). The number of aryl methyl sites for hydroxylation is 2. The molecule has 0 unspecified atom stereocenters. The minimum atomic E-state index is -0.589. The van der Waals surface area contributed by atoms with E-state index in [0.29, 0.717) is 6.54 Å². The number of nitro groups is 1. The molecule has 2 aromatic rings. The van der Waals surface area contributed by atoms with Gasteiger partial charge >= 0.3 is 5.82 Å². The standard InChI is InChI=1S/C9H10ClN5O2/c10-8-6-14(12-9(8)15(16)17)4-1-3-13-5-2-11-7-13/h2,5-7H,1,3-4H2. The van der Waals surface area contributed by atoms with Crippen molar-refractivity contribution in [2.75, 3.05) is 0 Å². The van der Waals surface area contributed by atoms with E-state index < -0.39 is 4.92 Å². The molecule has 0 aliphatic carbocycles. The summed E-state index contributed by atoms with van der Waals surface area (Å²) in [5.41, 5.74) is 0. The maximum atomic E-state index is 10.5. The highest BCUT2D eigenvalue weighted by Crippen LogP contribution is 2.21. The molecule has 8 heteroatoms. The van der Waals surface area contributed by atoms with Gasteiger partial charge in [0.05, 0.1) is 24.2 Å². The van der Waals surface area contributed by atoms with Gasteiger partial charge in [0, 0.05) is 18.9 Å². The third-order valence-electron chi connectivity index (χ3n) is 2.23. The molecule has 0 atom stereocenters. The largest absolute Gasteiger partial charge is 0.408 e. The summed E-state index contributed by atoms with van der Waals surface area (Å²) in [6.45, 7) is 1.36. The lowest BCUT2D eigenvalue weighted by molar-refractivity contribution is -0.389. The van der Waals surface area contributed by atoms with Crippen LogP contribution in [-0.4, -0.2) is 24.3 Å². The second-order valence-electron chi connectivity index (χ2n) is 3.47. The number of nitrogens with zero attached hydrogens (tertiary/aromatic N) is 5. The van der Waals surface area contributed by atoms with Crippen LogP contribution in [0.1, 0.15) is 6.42 Å². The fourth-order valence-corrected chi connectivity index (χ4v) is 1.68. The zero-order valence-electron chi connectivity index (χ0n) is 8.86. The topological polar surface area (TPSA) is 78.8 Å². The quantitative estimate of drug-likeness (QED) is 0.602. The Morgan fingerprint density at radius 1 is 1.47 bits per heavy atom. The molecule has 2 heterocycles. The van der Waals surface area contributed by atoms with E-state index in [4.69, 9.17) is 11.6 Å². The van der Waals surface area contributed by atoms with Crippen LogP contribution in [0.5, 0.6) is 0 Å². The Balaban J connectivity index is 1.91. The summed E-state index contributed by atoms with van der Waals surface area (Å²) < 4.78 is 3.41. The van der Waals surface area contributed by atoms with Gasteiger partial charge in [0.15, 0.2) is 5.02 Å². The normalized spacial score (nSPS) is 10.6. The summed E-state index contributed by atoms with van der Waals surface area (Å²) in [5.74, 6) is -0.297. The third kappa shape index (κ3) is 2.82. The number of imidazole rings is 1. The van der Waals surface area contributed by atoms with Crippen molar-refractivity contribution in [3.63, 3.8) is 0 Å². The zero-order chi connectivity index (χ0) is 12.3. The van der Waals surface area contributed by atoms with Crippen LogP contribution < -0.4 is 0 Å². The Hall–Kier alpha value is -1.89. The van der Waals surface area contributed by atoms with Gasteiger partial charge in [-0.3, -0.25) is 0 Å². The van der Waals surface area contributed by atoms with Gasteiger partial charge in [-0.15, -0.1) is 0 Å². The van der Waals surface area contributed by atoms with E-state index in [-0.39, 0.29) is 10.8 Å². The molecule has 2 aromatic heterocycles. The molecule has 17 heavy (non-hydrogen) atoms. The van der Waals surface area contributed by atoms with Crippen LogP contribution in [0.4, 0.5) is 5.82 Å². The summed E-state index contributed by atoms with van der Waals surface area (Å²) >= 11 is 5.68. The van der Waals surface area contributed by atoms with E-state index in [1.54, 1.807) is 12.5 Å². The van der Waals surface area contributed by atoms with Gasteiger partial charge in [0.2, 0.25) is 0 Å². The van der Waals surface area contributed by atoms with Crippen LogP contribution >= 0.6 is 11.6 Å². The molecule has 0 bridgehead atoms. The molecule has 0 N–H and O–H groups in total. The molecule has 0 amide bonds. The average molecular weight is 256 g/mol. The van der Waals surface area contributed by atoms with Gasteiger partial charge in [-0.1, -0.05) is 11.6 Å². The van der Waals surface area contributed by atoms with Crippen molar-refractivity contribution in [1.82, 2.24) is 19.3 Å². The first-order valence-electron chi connectivity index (χ1n) is 5.00. The van der Waals surface area contributed by atoms with Gasteiger partial charge in [-0.05, 0) is 11.3 Å². The predicted molar refractivity (Wildman–Crippen MR) is 60.7 cm³/mol. The Morgan fingerprint density at radius 3 is 2.88 bits per heavy atom. The molecule has 0 aliphatic heterocycles. The second kappa shape index (κ2) is 4.96. The van der Waals surface area contributed by atoms with E-state index in [9.17, 15) is 10.1 Å². The highest BCUT2D eigenvalue weighted by atomic mass is 35.5. The highest BCUT2D eigenvalue weighted by molar-refractivity contribution is 6.32. The molecular weight excluding hydrogens is 246 g/mol. The lowest BCUT2D eigenvalue weighted by atomic mass is 10.4. The van der Waals surface area contributed by atoms with Crippen molar-refractivity contribution < 1.29 is 4.92 Å². The molecule has 7 nitrogen and oxygen atoms in total. The smallest absolute Gasteiger partial charge is 0.358 e. The lowest BCUT2D eigenvalue weighted by Crippen LogP contribution is -2.03. The van der Waals surface area contributed by atoms with Crippen LogP contribution in [0.25, 0.3) is 0 Å². The van der Waals surface area contributed by atoms with Crippen LogP contribution in [0, 0.1) is 10.1 Å². The molecule has 90 valence electrons. The van der Waals surface area contributed by atoms with Crippen LogP contribution in [0.3, 0.4) is 0 Å². The number of hydrogen-bond acceptors (Lipinski definition) is 4. The van der Waals surface area contributed by atoms with Gasteiger partial charge in [-0.2, -0.15) is 4.68 Å². The van der Waals surface area contributed by atoms with E-state index in [0.717, 1.165) is 13.0 Å². The van der Waals surface area contributed by atoms with Crippen molar-refractivity contribution in [3.8, 4) is 0 Å². The summed E-state index contributed by atoms with van der Waals surface area (Å²) in [7, 11) is 0. The Morgan fingerprint density at radius 2 is 2.29 bits per heavy atom. The van der Waals surface area contributed by atoms with Crippen LogP contribution in [-0.2, 0) is 13.1 Å². The fourth-order valence-electron chi connectivity index (χ4n) is 1.46. The summed E-state index contributed by atoms with van der Waals surface area (Å²) in [4.78, 5) is 13.9. The summed E-state index contributed by atoms with van der Waals surface area (Å²) in [5, 5.41) is 14.4. The fraction of sp³-hybridized carbons (Fsp3) is 0.333.